The van der Waals surface area contributed by atoms with Gasteiger partial charge in [0.15, 0.2) is 0 Å². The first kappa shape index (κ1) is 20.6. The fraction of sp³-hybridized carbons (Fsp3) is 0.500. The van der Waals surface area contributed by atoms with Gasteiger partial charge in [0.05, 0.1) is 11.6 Å². The third-order valence-corrected chi connectivity index (χ3v) is 6.93. The van der Waals surface area contributed by atoms with Gasteiger partial charge in [-0.1, -0.05) is 12.2 Å². The minimum atomic E-state index is -3.76. The first-order valence-electron chi connectivity index (χ1n) is 7.68. The minimum Gasteiger partial charge on any atom is -0.481 e. The predicted molar refractivity (Wildman–Crippen MR) is 93.9 cm³/mol. The lowest BCUT2D eigenvalue weighted by Crippen LogP contribution is -2.28. The number of allylic oxidation sites excluding steroid dienone is 2. The minimum absolute atomic E-state index is 0.00864. The molecular formula is C16H23O6PS. The Morgan fingerprint density at radius 3 is 2.58 bits per heavy atom. The van der Waals surface area contributed by atoms with Crippen molar-refractivity contribution in [3.63, 3.8) is 0 Å². The van der Waals surface area contributed by atoms with E-state index < -0.39 is 30.9 Å². The fourth-order valence-electron chi connectivity index (χ4n) is 2.56. The lowest BCUT2D eigenvalue weighted by Gasteiger charge is -2.25. The number of carbonyl (C=O) groups is 2. The van der Waals surface area contributed by atoms with Crippen LogP contribution in [0.5, 0.6) is 0 Å². The molecular weight excluding hydrogens is 351 g/mol. The molecule has 1 rings (SSSR count). The van der Waals surface area contributed by atoms with E-state index in [1.165, 1.54) is 6.08 Å². The van der Waals surface area contributed by atoms with Gasteiger partial charge in [0.1, 0.15) is 0 Å². The first-order chi connectivity index (χ1) is 11.3. The van der Waals surface area contributed by atoms with Crippen molar-refractivity contribution in [1.29, 1.82) is 0 Å². The number of rotatable bonds is 11. The Morgan fingerprint density at radius 2 is 2.08 bits per heavy atom. The third-order valence-electron chi connectivity index (χ3n) is 3.78. The fourth-order valence-corrected chi connectivity index (χ4v) is 5.45. The summed E-state index contributed by atoms with van der Waals surface area (Å²) in [6.45, 7) is 1.65. The molecule has 8 heteroatoms. The zero-order valence-electron chi connectivity index (χ0n) is 13.5. The highest BCUT2D eigenvalue weighted by Crippen LogP contribution is 2.51. The second kappa shape index (κ2) is 9.77. The number of carboxylic acids is 2. The van der Waals surface area contributed by atoms with Gasteiger partial charge in [-0.15, -0.1) is 0 Å². The lowest BCUT2D eigenvalue weighted by molar-refractivity contribution is -0.142. The van der Waals surface area contributed by atoms with Crippen LogP contribution in [0.1, 0.15) is 31.7 Å². The second-order valence-corrected chi connectivity index (χ2v) is 8.94. The summed E-state index contributed by atoms with van der Waals surface area (Å²) in [6, 6.07) is 1.95. The smallest absolute Gasteiger partial charge is 0.307 e. The third kappa shape index (κ3) is 6.59. The average Bonchev–Trinajstić information content (AvgIpc) is 2.98. The van der Waals surface area contributed by atoms with Gasteiger partial charge in [-0.25, -0.2) is 0 Å². The molecule has 24 heavy (non-hydrogen) atoms. The molecule has 0 fully saturated rings. The molecule has 0 aliphatic heterocycles. The van der Waals surface area contributed by atoms with Crippen molar-refractivity contribution in [2.75, 3.05) is 6.16 Å². The molecule has 3 atom stereocenters. The summed E-state index contributed by atoms with van der Waals surface area (Å²) in [4.78, 5) is 32.6. The van der Waals surface area contributed by atoms with Crippen LogP contribution in [0.4, 0.5) is 0 Å². The number of aryl methyl sites for hydroxylation is 1. The highest BCUT2D eigenvalue weighted by molar-refractivity contribution is 7.59. The maximum atomic E-state index is 12.7. The van der Waals surface area contributed by atoms with E-state index in [2.05, 4.69) is 0 Å². The quantitative estimate of drug-likeness (QED) is 0.404. The van der Waals surface area contributed by atoms with E-state index in [-0.39, 0.29) is 19.0 Å². The van der Waals surface area contributed by atoms with Gasteiger partial charge in [-0.2, -0.15) is 11.3 Å². The van der Waals surface area contributed by atoms with Crippen LogP contribution >= 0.6 is 18.7 Å². The van der Waals surface area contributed by atoms with Crippen LogP contribution in [0.25, 0.3) is 0 Å². The zero-order chi connectivity index (χ0) is 18.2. The van der Waals surface area contributed by atoms with Crippen LogP contribution < -0.4 is 0 Å². The molecule has 3 unspecified atom stereocenters. The SMILES string of the molecule is CC=CC(C(CCC(=O)O)C(=O)O)P(=O)(O)CCCc1ccsc1. The maximum Gasteiger partial charge on any atom is 0.307 e. The molecule has 1 aromatic heterocycles. The average molecular weight is 374 g/mol. The van der Waals surface area contributed by atoms with Gasteiger partial charge in [0.2, 0.25) is 7.37 Å². The molecule has 0 saturated heterocycles. The largest absolute Gasteiger partial charge is 0.481 e. The van der Waals surface area contributed by atoms with Crippen molar-refractivity contribution in [2.45, 2.75) is 38.3 Å². The number of aliphatic carboxylic acids is 2. The monoisotopic (exact) mass is 374 g/mol. The molecule has 3 N–H and O–H groups in total. The Morgan fingerprint density at radius 1 is 1.38 bits per heavy atom. The van der Waals surface area contributed by atoms with Crippen molar-refractivity contribution in [3.05, 3.63) is 34.5 Å². The number of carboxylic acid groups (broad SMARTS) is 2. The standard InChI is InChI=1S/C16H23O6PS/c1-2-4-14(13(16(19)20)6-7-15(17)18)23(21,22)9-3-5-12-8-10-24-11-12/h2,4,8,10-11,13-14H,3,5-7,9H2,1H3,(H,17,18)(H,19,20)(H,21,22). The van der Waals surface area contributed by atoms with Crippen LogP contribution in [0, 0.1) is 5.92 Å². The summed E-state index contributed by atoms with van der Waals surface area (Å²) in [5, 5.41) is 22.0. The van der Waals surface area contributed by atoms with Gasteiger partial charge in [0, 0.05) is 12.6 Å². The van der Waals surface area contributed by atoms with Crippen molar-refractivity contribution in [3.8, 4) is 0 Å². The van der Waals surface area contributed by atoms with E-state index in [9.17, 15) is 24.2 Å². The summed E-state index contributed by atoms with van der Waals surface area (Å²) in [5.74, 6) is -3.55. The van der Waals surface area contributed by atoms with Gasteiger partial charge >= 0.3 is 11.9 Å². The summed E-state index contributed by atoms with van der Waals surface area (Å²) >= 11 is 1.55. The molecule has 1 aromatic rings. The van der Waals surface area contributed by atoms with E-state index in [0.29, 0.717) is 12.8 Å². The van der Waals surface area contributed by atoms with Gasteiger partial charge in [-0.05, 0) is 48.6 Å². The molecule has 6 nitrogen and oxygen atoms in total. The number of thiophene rings is 1. The van der Waals surface area contributed by atoms with Crippen molar-refractivity contribution >= 4 is 30.6 Å². The number of hydrogen-bond donors (Lipinski definition) is 3. The number of hydrogen-bond acceptors (Lipinski definition) is 4. The second-order valence-electron chi connectivity index (χ2n) is 5.61. The lowest BCUT2D eigenvalue weighted by atomic mass is 9.99. The molecule has 1 heterocycles. The zero-order valence-corrected chi connectivity index (χ0v) is 15.2. The van der Waals surface area contributed by atoms with Crippen LogP contribution in [0.15, 0.2) is 29.0 Å². The maximum absolute atomic E-state index is 12.7. The van der Waals surface area contributed by atoms with Crippen LogP contribution in [-0.2, 0) is 20.6 Å². The Balaban J connectivity index is 2.82. The van der Waals surface area contributed by atoms with E-state index >= 15 is 0 Å². The Labute approximate surface area is 145 Å². The molecule has 0 aliphatic rings. The van der Waals surface area contributed by atoms with Gasteiger partial charge in [0.25, 0.3) is 0 Å². The summed E-state index contributed by atoms with van der Waals surface area (Å²) in [6.07, 6.45) is 3.59. The molecule has 0 amide bonds. The predicted octanol–water partition coefficient (Wildman–Crippen LogP) is 3.46. The van der Waals surface area contributed by atoms with Gasteiger partial charge < -0.3 is 15.1 Å². The molecule has 0 aromatic carbocycles. The normalized spacial score (nSPS) is 16.6. The topological polar surface area (TPSA) is 112 Å². The highest BCUT2D eigenvalue weighted by Gasteiger charge is 2.38. The van der Waals surface area contributed by atoms with Gasteiger partial charge in [-0.3, -0.25) is 14.2 Å². The Hall–Kier alpha value is -1.43. The van der Waals surface area contributed by atoms with Crippen LogP contribution in [0.2, 0.25) is 0 Å². The molecule has 0 spiro atoms. The molecule has 0 saturated carbocycles. The Bertz CT molecular complexity index is 610. The van der Waals surface area contributed by atoms with Crippen molar-refractivity contribution in [2.24, 2.45) is 5.92 Å². The van der Waals surface area contributed by atoms with Crippen LogP contribution in [0.3, 0.4) is 0 Å². The first-order valence-corrected chi connectivity index (χ1v) is 10.5. The molecule has 134 valence electrons. The Kier molecular flexibility index (Phi) is 8.39. The molecule has 0 radical (unpaired) electrons. The van der Waals surface area contributed by atoms with E-state index in [0.717, 1.165) is 5.56 Å². The molecule has 0 bridgehead atoms. The molecule has 0 aliphatic carbocycles. The van der Waals surface area contributed by atoms with Crippen molar-refractivity contribution in [1.82, 2.24) is 0 Å². The van der Waals surface area contributed by atoms with E-state index in [4.69, 9.17) is 5.11 Å². The van der Waals surface area contributed by atoms with Crippen molar-refractivity contribution < 1.29 is 29.3 Å². The van der Waals surface area contributed by atoms with E-state index in [1.807, 2.05) is 16.8 Å². The summed E-state index contributed by atoms with van der Waals surface area (Å²) in [5.41, 5.74) is 0.0186. The van der Waals surface area contributed by atoms with E-state index in [1.54, 1.807) is 24.3 Å². The van der Waals surface area contributed by atoms with Crippen LogP contribution in [-0.4, -0.2) is 38.9 Å². The summed E-state index contributed by atoms with van der Waals surface area (Å²) < 4.78 is 12.7. The highest BCUT2D eigenvalue weighted by atomic mass is 32.1. The summed E-state index contributed by atoms with van der Waals surface area (Å²) in [7, 11) is -3.76.